The molecule has 0 aromatic heterocycles. The number of rotatable bonds is 7. The molecule has 1 N–H and O–H groups in total. The number of sulfonamides is 1. The minimum Gasteiger partial charge on any atom is -0.497 e. The summed E-state index contributed by atoms with van der Waals surface area (Å²) in [7, 11) is -2.44. The highest BCUT2D eigenvalue weighted by molar-refractivity contribution is 7.92. The first-order valence-electron chi connectivity index (χ1n) is 9.65. The summed E-state index contributed by atoms with van der Waals surface area (Å²) in [5.74, 6) is 0.0461. The van der Waals surface area contributed by atoms with Crippen molar-refractivity contribution in [1.82, 2.24) is 0 Å². The maximum absolute atomic E-state index is 13.3. The van der Waals surface area contributed by atoms with Gasteiger partial charge in [0.15, 0.2) is 0 Å². The first kappa shape index (κ1) is 21.9. The summed E-state index contributed by atoms with van der Waals surface area (Å²) >= 11 is 0. The van der Waals surface area contributed by atoms with Gasteiger partial charge in [0.2, 0.25) is 0 Å². The number of nitrogens with zero attached hydrogens (tertiary/aromatic N) is 1. The first-order chi connectivity index (χ1) is 14.3. The van der Waals surface area contributed by atoms with Crippen LogP contribution in [0.5, 0.6) is 5.75 Å². The van der Waals surface area contributed by atoms with Crippen molar-refractivity contribution in [3.8, 4) is 5.75 Å². The second kappa shape index (κ2) is 9.36. The van der Waals surface area contributed by atoms with Gasteiger partial charge < -0.3 is 19.1 Å². The Morgan fingerprint density at radius 3 is 2.37 bits per heavy atom. The predicted molar refractivity (Wildman–Crippen MR) is 114 cm³/mol. The third-order valence-electron chi connectivity index (χ3n) is 4.52. The van der Waals surface area contributed by atoms with Gasteiger partial charge in [0.05, 0.1) is 37.7 Å². The number of hydrogen-bond donors (Lipinski definition) is 1. The minimum atomic E-state index is -3.98. The smallest absolute Gasteiger partial charge is 0.338 e. The van der Waals surface area contributed by atoms with E-state index < -0.39 is 16.0 Å². The molecule has 1 saturated heterocycles. The quantitative estimate of drug-likeness (QED) is 0.670. The summed E-state index contributed by atoms with van der Waals surface area (Å²) in [6, 6.07) is 11.1. The summed E-state index contributed by atoms with van der Waals surface area (Å²) in [5, 5.41) is 0. The fourth-order valence-corrected chi connectivity index (χ4v) is 4.38. The molecular formula is C21H26N2O6S. The van der Waals surface area contributed by atoms with Crippen molar-refractivity contribution >= 4 is 27.4 Å². The predicted octanol–water partition coefficient (Wildman–Crippen LogP) is 2.90. The van der Waals surface area contributed by atoms with E-state index >= 15 is 0 Å². The maximum Gasteiger partial charge on any atom is 0.338 e. The van der Waals surface area contributed by atoms with Gasteiger partial charge in [0.25, 0.3) is 10.0 Å². The molecule has 162 valence electrons. The molecule has 0 aliphatic carbocycles. The van der Waals surface area contributed by atoms with Gasteiger partial charge in [-0.05, 0) is 56.3 Å². The molecule has 8 nitrogen and oxygen atoms in total. The van der Waals surface area contributed by atoms with E-state index in [4.69, 9.17) is 14.2 Å². The molecule has 0 spiro atoms. The van der Waals surface area contributed by atoms with E-state index in [1.54, 1.807) is 50.2 Å². The van der Waals surface area contributed by atoms with E-state index in [0.29, 0.717) is 43.4 Å². The molecule has 1 aliphatic rings. The van der Waals surface area contributed by atoms with Crippen molar-refractivity contribution in [2.24, 2.45) is 0 Å². The summed E-state index contributed by atoms with van der Waals surface area (Å²) in [4.78, 5) is 14.3. The van der Waals surface area contributed by atoms with Crippen LogP contribution in [0, 0.1) is 0 Å². The molecule has 1 aliphatic heterocycles. The number of anilines is 2. The minimum absolute atomic E-state index is 0.0124. The molecule has 0 radical (unpaired) electrons. The van der Waals surface area contributed by atoms with Gasteiger partial charge in [-0.2, -0.15) is 0 Å². The maximum atomic E-state index is 13.3. The van der Waals surface area contributed by atoms with Crippen molar-refractivity contribution in [2.45, 2.75) is 24.8 Å². The Morgan fingerprint density at radius 1 is 1.10 bits per heavy atom. The van der Waals surface area contributed by atoms with Crippen LogP contribution in [0.2, 0.25) is 0 Å². The third kappa shape index (κ3) is 5.22. The molecular weight excluding hydrogens is 408 g/mol. The standard InChI is InChI=1S/C21H26N2O6S/c1-15(2)29-21(24)16-4-9-19(23-10-12-28-13-11-23)20(14-16)30(25,26)22-17-5-7-18(27-3)8-6-17/h4-9,14-15,22H,10-13H2,1-3H3. The molecule has 3 rings (SSSR count). The van der Waals surface area contributed by atoms with Crippen LogP contribution in [-0.2, 0) is 19.5 Å². The number of nitrogens with one attached hydrogen (secondary N) is 1. The number of ether oxygens (including phenoxy) is 3. The molecule has 0 saturated carbocycles. The fraction of sp³-hybridized carbons (Fsp3) is 0.381. The number of hydrogen-bond acceptors (Lipinski definition) is 7. The van der Waals surface area contributed by atoms with Crippen LogP contribution < -0.4 is 14.4 Å². The van der Waals surface area contributed by atoms with Gasteiger partial charge in [-0.25, -0.2) is 13.2 Å². The number of carbonyl (C=O) groups excluding carboxylic acids is 1. The Labute approximate surface area is 176 Å². The molecule has 2 aromatic rings. The lowest BCUT2D eigenvalue weighted by molar-refractivity contribution is 0.0377. The van der Waals surface area contributed by atoms with Gasteiger partial charge in [-0.15, -0.1) is 0 Å². The van der Waals surface area contributed by atoms with Crippen LogP contribution in [0.1, 0.15) is 24.2 Å². The van der Waals surface area contributed by atoms with E-state index in [2.05, 4.69) is 4.72 Å². The monoisotopic (exact) mass is 434 g/mol. The van der Waals surface area contributed by atoms with Gasteiger partial charge in [0, 0.05) is 18.8 Å². The van der Waals surface area contributed by atoms with Crippen LogP contribution in [0.15, 0.2) is 47.4 Å². The molecule has 9 heteroatoms. The number of morpholine rings is 1. The van der Waals surface area contributed by atoms with Crippen LogP contribution in [0.4, 0.5) is 11.4 Å². The summed E-state index contributed by atoms with van der Waals surface area (Å²) < 4.78 is 44.8. The molecule has 0 unspecified atom stereocenters. The van der Waals surface area contributed by atoms with Gasteiger partial charge in [-0.1, -0.05) is 0 Å². The van der Waals surface area contributed by atoms with Crippen molar-refractivity contribution in [2.75, 3.05) is 43.0 Å². The average molecular weight is 435 g/mol. The van der Waals surface area contributed by atoms with E-state index in [1.165, 1.54) is 13.2 Å². The van der Waals surface area contributed by atoms with Crippen molar-refractivity contribution in [3.63, 3.8) is 0 Å². The molecule has 0 bridgehead atoms. The lowest BCUT2D eigenvalue weighted by atomic mass is 10.2. The number of methoxy groups -OCH3 is 1. The number of esters is 1. The largest absolute Gasteiger partial charge is 0.497 e. The second-order valence-electron chi connectivity index (χ2n) is 7.07. The molecule has 0 atom stereocenters. The highest BCUT2D eigenvalue weighted by Gasteiger charge is 2.26. The van der Waals surface area contributed by atoms with Gasteiger partial charge in [0.1, 0.15) is 10.6 Å². The van der Waals surface area contributed by atoms with Crippen molar-refractivity contribution < 1.29 is 27.4 Å². The summed E-state index contributed by atoms with van der Waals surface area (Å²) in [5.41, 5.74) is 1.08. The van der Waals surface area contributed by atoms with E-state index in [0.717, 1.165) is 0 Å². The fourth-order valence-electron chi connectivity index (χ4n) is 3.07. The lowest BCUT2D eigenvalue weighted by Crippen LogP contribution is -2.37. The lowest BCUT2D eigenvalue weighted by Gasteiger charge is -2.30. The van der Waals surface area contributed by atoms with Crippen LogP contribution in [0.3, 0.4) is 0 Å². The summed E-state index contributed by atoms with van der Waals surface area (Å²) in [6.07, 6.45) is -0.311. The second-order valence-corrected chi connectivity index (χ2v) is 8.72. The first-order valence-corrected chi connectivity index (χ1v) is 11.1. The Morgan fingerprint density at radius 2 is 1.77 bits per heavy atom. The Bertz CT molecular complexity index is 983. The third-order valence-corrected chi connectivity index (χ3v) is 5.93. The van der Waals surface area contributed by atoms with Crippen LogP contribution in [0.25, 0.3) is 0 Å². The van der Waals surface area contributed by atoms with Crippen molar-refractivity contribution in [3.05, 3.63) is 48.0 Å². The van der Waals surface area contributed by atoms with E-state index in [1.807, 2.05) is 4.90 Å². The number of benzene rings is 2. The highest BCUT2D eigenvalue weighted by Crippen LogP contribution is 2.30. The highest BCUT2D eigenvalue weighted by atomic mass is 32.2. The Balaban J connectivity index is 1.99. The normalized spacial score (nSPS) is 14.5. The topological polar surface area (TPSA) is 94.2 Å². The summed E-state index contributed by atoms with van der Waals surface area (Å²) in [6.45, 7) is 5.60. The SMILES string of the molecule is COc1ccc(NS(=O)(=O)c2cc(C(=O)OC(C)C)ccc2N2CCOCC2)cc1. The number of carbonyl (C=O) groups is 1. The molecule has 30 heavy (non-hydrogen) atoms. The molecule has 1 fully saturated rings. The Kier molecular flexibility index (Phi) is 6.84. The Hall–Kier alpha value is -2.78. The van der Waals surface area contributed by atoms with Gasteiger partial charge in [-0.3, -0.25) is 4.72 Å². The van der Waals surface area contributed by atoms with Crippen molar-refractivity contribution in [1.29, 1.82) is 0 Å². The molecule has 1 heterocycles. The van der Waals surface area contributed by atoms with Gasteiger partial charge >= 0.3 is 5.97 Å². The van der Waals surface area contributed by atoms with Crippen LogP contribution in [-0.4, -0.2) is 53.9 Å². The molecule has 0 amide bonds. The van der Waals surface area contributed by atoms with E-state index in [-0.39, 0.29) is 16.6 Å². The zero-order valence-corrected chi connectivity index (χ0v) is 18.1. The average Bonchev–Trinajstić information content (AvgIpc) is 2.74. The zero-order valence-electron chi connectivity index (χ0n) is 17.3. The van der Waals surface area contributed by atoms with E-state index in [9.17, 15) is 13.2 Å². The molecule has 2 aromatic carbocycles. The van der Waals surface area contributed by atoms with Crippen LogP contribution >= 0.6 is 0 Å². The zero-order chi connectivity index (χ0) is 21.7.